The van der Waals surface area contributed by atoms with Gasteiger partial charge in [-0.2, -0.15) is 5.10 Å². The first-order valence-electron chi connectivity index (χ1n) is 6.97. The van der Waals surface area contributed by atoms with E-state index in [0.717, 1.165) is 5.69 Å². The first-order valence-corrected chi connectivity index (χ1v) is 7.85. The quantitative estimate of drug-likeness (QED) is 0.894. The highest BCUT2D eigenvalue weighted by Gasteiger charge is 2.17. The van der Waals surface area contributed by atoms with Gasteiger partial charge in [0.1, 0.15) is 5.60 Å². The van der Waals surface area contributed by atoms with Crippen LogP contribution in [0.4, 0.5) is 15.7 Å². The molecule has 8 nitrogen and oxygen atoms in total. The fourth-order valence-electron chi connectivity index (χ4n) is 1.69. The topological polar surface area (TPSA) is 98.1 Å². The molecule has 0 spiro atoms. The predicted octanol–water partition coefficient (Wildman–Crippen LogP) is 2.69. The first-order chi connectivity index (χ1) is 10.7. The van der Waals surface area contributed by atoms with E-state index in [4.69, 9.17) is 4.74 Å². The summed E-state index contributed by atoms with van der Waals surface area (Å²) in [4.78, 5) is 26.9. The number of hydrogen-bond acceptors (Lipinski definition) is 6. The molecule has 0 bridgehead atoms. The van der Waals surface area contributed by atoms with Crippen molar-refractivity contribution < 1.29 is 14.3 Å². The fourth-order valence-corrected chi connectivity index (χ4v) is 2.38. The monoisotopic (exact) mass is 337 g/mol. The third-order valence-corrected chi connectivity index (χ3v) is 3.23. The lowest BCUT2D eigenvalue weighted by molar-refractivity contribution is -0.114. The number of aromatic nitrogens is 3. The van der Waals surface area contributed by atoms with E-state index >= 15 is 0 Å². The summed E-state index contributed by atoms with van der Waals surface area (Å²) in [5.41, 5.74) is 0.192. The minimum Gasteiger partial charge on any atom is -0.444 e. The number of nitrogens with zero attached hydrogens (tertiary/aromatic N) is 3. The lowest BCUT2D eigenvalue weighted by atomic mass is 10.2. The number of ether oxygens (including phenoxy) is 1. The van der Waals surface area contributed by atoms with Crippen LogP contribution in [-0.2, 0) is 16.1 Å². The molecule has 2 aromatic heterocycles. The summed E-state index contributed by atoms with van der Waals surface area (Å²) in [6.45, 7) is 7.25. The van der Waals surface area contributed by atoms with Gasteiger partial charge >= 0.3 is 6.09 Å². The molecule has 0 aromatic carbocycles. The summed E-state index contributed by atoms with van der Waals surface area (Å²) < 4.78 is 6.82. The first kappa shape index (κ1) is 16.9. The maximum Gasteiger partial charge on any atom is 0.413 e. The predicted molar refractivity (Wildman–Crippen MR) is 87.6 cm³/mol. The van der Waals surface area contributed by atoms with Crippen LogP contribution in [0.3, 0.4) is 0 Å². The molecule has 0 saturated carbocycles. The van der Waals surface area contributed by atoms with E-state index < -0.39 is 11.7 Å². The average molecular weight is 337 g/mol. The van der Waals surface area contributed by atoms with Crippen molar-refractivity contribution in [2.75, 3.05) is 10.6 Å². The molecule has 124 valence electrons. The molecule has 2 rings (SSSR count). The second kappa shape index (κ2) is 6.78. The van der Waals surface area contributed by atoms with Gasteiger partial charge in [-0.25, -0.2) is 9.78 Å². The number of amides is 2. The third-order valence-electron chi connectivity index (χ3n) is 2.43. The molecule has 0 aliphatic rings. The molecule has 0 aliphatic carbocycles. The standard InChI is InChI=1S/C14H19N5O3S/c1-9(20)15-11-5-6-19(18-11)7-10-8-23-12(16-10)17-13(21)22-14(2,3)4/h5-6,8H,7H2,1-4H3,(H,15,18,20)(H,16,17,21). The SMILES string of the molecule is CC(=O)Nc1ccn(Cc2csc(NC(=O)OC(C)(C)C)n2)n1. The smallest absolute Gasteiger partial charge is 0.413 e. The molecular formula is C14H19N5O3S. The van der Waals surface area contributed by atoms with Gasteiger partial charge in [-0.15, -0.1) is 11.3 Å². The van der Waals surface area contributed by atoms with Crippen molar-refractivity contribution in [3.8, 4) is 0 Å². The zero-order valence-corrected chi connectivity index (χ0v) is 14.2. The van der Waals surface area contributed by atoms with Crippen LogP contribution in [-0.4, -0.2) is 32.4 Å². The van der Waals surface area contributed by atoms with Gasteiger partial charge in [-0.05, 0) is 20.8 Å². The Morgan fingerprint density at radius 3 is 2.74 bits per heavy atom. The highest BCUT2D eigenvalue weighted by molar-refractivity contribution is 7.13. The van der Waals surface area contributed by atoms with E-state index in [2.05, 4.69) is 20.7 Å². The molecule has 2 amide bonds. The molecule has 9 heteroatoms. The summed E-state index contributed by atoms with van der Waals surface area (Å²) in [6.07, 6.45) is 1.21. The Morgan fingerprint density at radius 2 is 2.09 bits per heavy atom. The molecular weight excluding hydrogens is 318 g/mol. The molecule has 0 aliphatic heterocycles. The second-order valence-electron chi connectivity index (χ2n) is 5.85. The van der Waals surface area contributed by atoms with Crippen LogP contribution < -0.4 is 10.6 Å². The van der Waals surface area contributed by atoms with Crippen molar-refractivity contribution in [1.82, 2.24) is 14.8 Å². The van der Waals surface area contributed by atoms with Gasteiger partial charge in [0.2, 0.25) is 5.91 Å². The highest BCUT2D eigenvalue weighted by Crippen LogP contribution is 2.18. The average Bonchev–Trinajstić information content (AvgIpc) is 2.96. The summed E-state index contributed by atoms with van der Waals surface area (Å²) in [5.74, 6) is 0.313. The van der Waals surface area contributed by atoms with Crippen molar-refractivity contribution in [3.05, 3.63) is 23.3 Å². The number of carbonyl (C=O) groups excluding carboxylic acids is 2. The zero-order chi connectivity index (χ0) is 17.0. The van der Waals surface area contributed by atoms with Crippen LogP contribution in [0.15, 0.2) is 17.6 Å². The molecule has 0 saturated heterocycles. The molecule has 2 aromatic rings. The fraction of sp³-hybridized carbons (Fsp3) is 0.429. The van der Waals surface area contributed by atoms with Crippen LogP contribution in [0.1, 0.15) is 33.4 Å². The van der Waals surface area contributed by atoms with Crippen molar-refractivity contribution in [1.29, 1.82) is 0 Å². The Kier molecular flexibility index (Phi) is 4.99. The molecule has 23 heavy (non-hydrogen) atoms. The largest absolute Gasteiger partial charge is 0.444 e. The van der Waals surface area contributed by atoms with Crippen LogP contribution in [0.2, 0.25) is 0 Å². The van der Waals surface area contributed by atoms with Crippen LogP contribution >= 0.6 is 11.3 Å². The molecule has 2 heterocycles. The van der Waals surface area contributed by atoms with Gasteiger partial charge < -0.3 is 10.1 Å². The third kappa shape index (κ3) is 5.70. The molecule has 0 unspecified atom stereocenters. The minimum absolute atomic E-state index is 0.173. The molecule has 0 atom stereocenters. The van der Waals surface area contributed by atoms with Crippen molar-refractivity contribution in [3.63, 3.8) is 0 Å². The lowest BCUT2D eigenvalue weighted by Crippen LogP contribution is -2.27. The Bertz CT molecular complexity index is 701. The summed E-state index contributed by atoms with van der Waals surface area (Å²) in [7, 11) is 0. The number of carbonyl (C=O) groups is 2. The number of rotatable bonds is 4. The van der Waals surface area contributed by atoms with Crippen LogP contribution in [0, 0.1) is 0 Å². The van der Waals surface area contributed by atoms with E-state index in [1.54, 1.807) is 37.7 Å². The van der Waals surface area contributed by atoms with Gasteiger partial charge in [0.05, 0.1) is 12.2 Å². The highest BCUT2D eigenvalue weighted by atomic mass is 32.1. The summed E-state index contributed by atoms with van der Waals surface area (Å²) in [5, 5.41) is 11.7. The summed E-state index contributed by atoms with van der Waals surface area (Å²) in [6, 6.07) is 1.70. The Labute approximate surface area is 137 Å². The van der Waals surface area contributed by atoms with Gasteiger partial charge in [0.25, 0.3) is 0 Å². The van der Waals surface area contributed by atoms with Crippen molar-refractivity contribution in [2.45, 2.75) is 39.8 Å². The van der Waals surface area contributed by atoms with Crippen molar-refractivity contribution in [2.24, 2.45) is 0 Å². The number of thiazole rings is 1. The van der Waals surface area contributed by atoms with E-state index in [1.165, 1.54) is 18.3 Å². The van der Waals surface area contributed by atoms with Crippen LogP contribution in [0.25, 0.3) is 0 Å². The summed E-state index contributed by atoms with van der Waals surface area (Å²) >= 11 is 1.31. The van der Waals surface area contributed by atoms with E-state index in [-0.39, 0.29) is 5.91 Å². The number of anilines is 2. The van der Waals surface area contributed by atoms with Gasteiger partial charge in [0.15, 0.2) is 10.9 Å². The van der Waals surface area contributed by atoms with E-state index in [1.807, 2.05) is 5.38 Å². The zero-order valence-electron chi connectivity index (χ0n) is 13.4. The maximum atomic E-state index is 11.7. The minimum atomic E-state index is -0.556. The van der Waals surface area contributed by atoms with E-state index in [9.17, 15) is 9.59 Å². The van der Waals surface area contributed by atoms with Crippen molar-refractivity contribution >= 4 is 34.3 Å². The molecule has 2 N–H and O–H groups in total. The van der Waals surface area contributed by atoms with Gasteiger partial charge in [-0.3, -0.25) is 14.8 Å². The molecule has 0 fully saturated rings. The second-order valence-corrected chi connectivity index (χ2v) is 6.71. The lowest BCUT2D eigenvalue weighted by Gasteiger charge is -2.18. The van der Waals surface area contributed by atoms with Gasteiger partial charge in [0, 0.05) is 24.6 Å². The van der Waals surface area contributed by atoms with Crippen LogP contribution in [0.5, 0.6) is 0 Å². The van der Waals surface area contributed by atoms with Gasteiger partial charge in [-0.1, -0.05) is 0 Å². The Balaban J connectivity index is 1.93. The number of nitrogens with one attached hydrogen (secondary N) is 2. The normalized spacial score (nSPS) is 11.1. The Morgan fingerprint density at radius 1 is 1.35 bits per heavy atom. The Hall–Kier alpha value is -2.42. The molecule has 0 radical (unpaired) electrons. The number of hydrogen-bond donors (Lipinski definition) is 2. The maximum absolute atomic E-state index is 11.7. The van der Waals surface area contributed by atoms with E-state index in [0.29, 0.717) is 17.5 Å².